The van der Waals surface area contributed by atoms with Crippen molar-refractivity contribution in [3.05, 3.63) is 16.1 Å². The number of primary amides is 1. The van der Waals surface area contributed by atoms with Gasteiger partial charge in [-0.1, -0.05) is 6.92 Å². The number of likely N-dealkylation sites (tertiary alicyclic amines) is 1. The molecule has 1 amide bonds. The molecule has 1 unspecified atom stereocenters. The van der Waals surface area contributed by atoms with E-state index in [1.165, 1.54) is 4.88 Å². The highest BCUT2D eigenvalue weighted by Gasteiger charge is 2.23. The Morgan fingerprint density at radius 1 is 1.57 bits per heavy atom. The van der Waals surface area contributed by atoms with Crippen LogP contribution in [0.3, 0.4) is 0 Å². The molecule has 2 heterocycles. The van der Waals surface area contributed by atoms with Crippen LogP contribution in [0, 0.1) is 5.92 Å². The molecule has 0 radical (unpaired) electrons. The summed E-state index contributed by atoms with van der Waals surface area (Å²) in [4.78, 5) is 23.9. The molecule has 2 rings (SSSR count). The Labute approximate surface area is 142 Å². The molecule has 3 N–H and O–H groups in total. The van der Waals surface area contributed by atoms with Gasteiger partial charge in [0.1, 0.15) is 5.01 Å². The lowest BCUT2D eigenvalue weighted by molar-refractivity contribution is -0.119. The summed E-state index contributed by atoms with van der Waals surface area (Å²) < 4.78 is 0. The van der Waals surface area contributed by atoms with E-state index in [0.717, 1.165) is 49.9 Å². The fourth-order valence-electron chi connectivity index (χ4n) is 2.86. The number of nitrogens with one attached hydrogen (secondary N) is 1. The molecule has 0 bridgehead atoms. The fraction of sp³-hybridized carbons (Fsp3) is 0.688. The second kappa shape index (κ2) is 8.86. The first-order valence-electron chi connectivity index (χ1n) is 8.37. The van der Waals surface area contributed by atoms with Crippen LogP contribution >= 0.6 is 11.3 Å². The van der Waals surface area contributed by atoms with Gasteiger partial charge in [-0.3, -0.25) is 4.79 Å². The van der Waals surface area contributed by atoms with E-state index in [4.69, 9.17) is 10.7 Å². The van der Waals surface area contributed by atoms with E-state index in [-0.39, 0.29) is 5.91 Å². The van der Waals surface area contributed by atoms with Crippen molar-refractivity contribution in [2.75, 3.05) is 19.6 Å². The van der Waals surface area contributed by atoms with Gasteiger partial charge in [0.25, 0.3) is 0 Å². The normalized spacial score (nSPS) is 19.0. The van der Waals surface area contributed by atoms with Crippen molar-refractivity contribution in [2.24, 2.45) is 16.6 Å². The van der Waals surface area contributed by atoms with Gasteiger partial charge in [0.05, 0.1) is 6.54 Å². The molecule has 0 aliphatic carbocycles. The summed E-state index contributed by atoms with van der Waals surface area (Å²) in [6.45, 7) is 7.44. The van der Waals surface area contributed by atoms with Crippen molar-refractivity contribution in [1.82, 2.24) is 15.2 Å². The molecule has 128 valence electrons. The monoisotopic (exact) mass is 337 g/mol. The molecule has 1 fully saturated rings. The van der Waals surface area contributed by atoms with Crippen molar-refractivity contribution in [2.45, 2.75) is 46.1 Å². The average Bonchev–Trinajstić information content (AvgIpc) is 2.99. The summed E-state index contributed by atoms with van der Waals surface area (Å²) in [6.07, 6.45) is 5.54. The van der Waals surface area contributed by atoms with Crippen molar-refractivity contribution in [1.29, 1.82) is 0 Å². The predicted octanol–water partition coefficient (Wildman–Crippen LogP) is 1.76. The molecule has 1 aliphatic heterocycles. The zero-order chi connectivity index (χ0) is 16.7. The first-order chi connectivity index (χ1) is 11.1. The Balaban J connectivity index is 2.01. The Hall–Kier alpha value is -1.63. The average molecular weight is 337 g/mol. The Morgan fingerprint density at radius 2 is 2.39 bits per heavy atom. The third kappa shape index (κ3) is 5.49. The van der Waals surface area contributed by atoms with E-state index in [0.29, 0.717) is 18.9 Å². The van der Waals surface area contributed by atoms with Crippen LogP contribution in [0.1, 0.15) is 43.0 Å². The molecule has 0 aromatic carbocycles. The molecular formula is C16H27N5OS. The van der Waals surface area contributed by atoms with Gasteiger partial charge in [0.2, 0.25) is 5.91 Å². The van der Waals surface area contributed by atoms with Gasteiger partial charge in [-0.25, -0.2) is 9.98 Å². The maximum Gasteiger partial charge on any atom is 0.217 e. The zero-order valence-corrected chi connectivity index (χ0v) is 14.9. The summed E-state index contributed by atoms with van der Waals surface area (Å²) in [5.74, 6) is 1.03. The minimum Gasteiger partial charge on any atom is -0.370 e. The Bertz CT molecular complexity index is 542. The lowest BCUT2D eigenvalue weighted by Gasteiger charge is -2.34. The number of nitrogens with zero attached hydrogens (tertiary/aromatic N) is 3. The molecule has 1 aromatic heterocycles. The van der Waals surface area contributed by atoms with Crippen LogP contribution in [0.4, 0.5) is 0 Å². The summed E-state index contributed by atoms with van der Waals surface area (Å²) >= 11 is 1.72. The number of carbonyl (C=O) groups is 1. The Kier molecular flexibility index (Phi) is 6.83. The molecule has 0 saturated carbocycles. The minimum atomic E-state index is -0.214. The summed E-state index contributed by atoms with van der Waals surface area (Å²) in [5.41, 5.74) is 5.34. The number of amides is 1. The molecule has 1 atom stereocenters. The number of carbonyl (C=O) groups excluding carboxylic acids is 1. The number of aliphatic imine (C=N–C) groups is 1. The third-order valence-electron chi connectivity index (χ3n) is 3.96. The molecule has 23 heavy (non-hydrogen) atoms. The van der Waals surface area contributed by atoms with E-state index in [9.17, 15) is 4.79 Å². The lowest BCUT2D eigenvalue weighted by atomic mass is 9.95. The molecule has 7 heteroatoms. The number of guanidine groups is 1. The highest BCUT2D eigenvalue weighted by atomic mass is 32.1. The third-order valence-corrected chi connectivity index (χ3v) is 5.08. The number of rotatable bonds is 6. The van der Waals surface area contributed by atoms with Gasteiger partial charge in [-0.2, -0.15) is 0 Å². The summed E-state index contributed by atoms with van der Waals surface area (Å²) in [7, 11) is 0. The minimum absolute atomic E-state index is 0.214. The molecule has 0 spiro atoms. The highest BCUT2D eigenvalue weighted by molar-refractivity contribution is 7.11. The van der Waals surface area contributed by atoms with Crippen molar-refractivity contribution in [3.8, 4) is 0 Å². The fourth-order valence-corrected chi connectivity index (χ4v) is 3.65. The van der Waals surface area contributed by atoms with Gasteiger partial charge in [-0.15, -0.1) is 11.3 Å². The van der Waals surface area contributed by atoms with Crippen LogP contribution in [-0.4, -0.2) is 41.4 Å². The van der Waals surface area contributed by atoms with Gasteiger partial charge < -0.3 is 16.0 Å². The number of aromatic nitrogens is 1. The van der Waals surface area contributed by atoms with E-state index < -0.39 is 0 Å². The van der Waals surface area contributed by atoms with Crippen LogP contribution < -0.4 is 11.1 Å². The SMILES string of the molecule is CCNC(=NCc1ncc(CC)s1)N1CCCC(CC(N)=O)C1. The van der Waals surface area contributed by atoms with Crippen molar-refractivity contribution >= 4 is 23.2 Å². The smallest absolute Gasteiger partial charge is 0.217 e. The number of hydrogen-bond donors (Lipinski definition) is 2. The second-order valence-corrected chi connectivity index (χ2v) is 7.07. The molecule has 1 saturated heterocycles. The molecule has 1 aromatic rings. The van der Waals surface area contributed by atoms with Crippen LogP contribution in [-0.2, 0) is 17.8 Å². The van der Waals surface area contributed by atoms with Crippen LogP contribution in [0.2, 0.25) is 0 Å². The van der Waals surface area contributed by atoms with E-state index in [1.54, 1.807) is 11.3 Å². The topological polar surface area (TPSA) is 83.6 Å². The molecule has 6 nitrogen and oxygen atoms in total. The second-order valence-electron chi connectivity index (χ2n) is 5.87. The van der Waals surface area contributed by atoms with Crippen LogP contribution in [0.5, 0.6) is 0 Å². The predicted molar refractivity (Wildman–Crippen MR) is 94.4 cm³/mol. The largest absolute Gasteiger partial charge is 0.370 e. The number of piperidine rings is 1. The van der Waals surface area contributed by atoms with Crippen LogP contribution in [0.25, 0.3) is 0 Å². The van der Waals surface area contributed by atoms with E-state index >= 15 is 0 Å². The highest BCUT2D eigenvalue weighted by Crippen LogP contribution is 2.20. The number of hydrogen-bond acceptors (Lipinski definition) is 4. The summed E-state index contributed by atoms with van der Waals surface area (Å²) in [5, 5.41) is 4.40. The van der Waals surface area contributed by atoms with Gasteiger partial charge in [0, 0.05) is 37.1 Å². The number of aryl methyl sites for hydroxylation is 1. The van der Waals surface area contributed by atoms with E-state index in [2.05, 4.69) is 29.0 Å². The van der Waals surface area contributed by atoms with E-state index in [1.807, 2.05) is 6.20 Å². The van der Waals surface area contributed by atoms with Gasteiger partial charge in [0.15, 0.2) is 5.96 Å². The quantitative estimate of drug-likeness (QED) is 0.612. The first-order valence-corrected chi connectivity index (χ1v) is 9.19. The maximum atomic E-state index is 11.2. The maximum absolute atomic E-state index is 11.2. The van der Waals surface area contributed by atoms with Gasteiger partial charge in [-0.05, 0) is 32.1 Å². The number of thiazole rings is 1. The van der Waals surface area contributed by atoms with Crippen molar-refractivity contribution < 1.29 is 4.79 Å². The molecule has 1 aliphatic rings. The first kappa shape index (κ1) is 17.7. The summed E-state index contributed by atoms with van der Waals surface area (Å²) in [6, 6.07) is 0. The van der Waals surface area contributed by atoms with Gasteiger partial charge >= 0.3 is 0 Å². The standard InChI is InChI=1S/C16H27N5OS/c1-3-13-9-19-15(23-13)10-20-16(18-4-2)21-7-5-6-12(11-21)8-14(17)22/h9,12H,3-8,10-11H2,1-2H3,(H2,17,22)(H,18,20). The lowest BCUT2D eigenvalue weighted by Crippen LogP contribution is -2.47. The number of nitrogens with two attached hydrogens (primary N) is 1. The van der Waals surface area contributed by atoms with Crippen molar-refractivity contribution in [3.63, 3.8) is 0 Å². The van der Waals surface area contributed by atoms with Crippen LogP contribution in [0.15, 0.2) is 11.2 Å². The zero-order valence-electron chi connectivity index (χ0n) is 14.0. The molecular weight excluding hydrogens is 310 g/mol. The Morgan fingerprint density at radius 3 is 3.04 bits per heavy atom.